The monoisotopic (exact) mass is 347 g/mol. The number of hydrogen-bond donors (Lipinski definition) is 1. The molecule has 2 aromatic rings. The second-order valence-corrected chi connectivity index (χ2v) is 5.30. The summed E-state index contributed by atoms with van der Waals surface area (Å²) in [4.78, 5) is 0. The molecule has 0 spiro atoms. The molecule has 1 unspecified atom stereocenters. The van der Waals surface area contributed by atoms with Crippen molar-refractivity contribution in [1.82, 2.24) is 15.1 Å². The lowest BCUT2D eigenvalue weighted by Gasteiger charge is -2.16. The molecule has 1 N–H and O–H groups in total. The van der Waals surface area contributed by atoms with Crippen LogP contribution in [-0.4, -0.2) is 16.8 Å². The molecule has 0 radical (unpaired) electrons. The van der Waals surface area contributed by atoms with E-state index in [1.165, 1.54) is 4.68 Å². The fraction of sp³-hybridized carbons (Fsp3) is 0.308. The van der Waals surface area contributed by atoms with E-state index in [9.17, 15) is 13.2 Å². The van der Waals surface area contributed by atoms with Crippen LogP contribution in [0.25, 0.3) is 5.69 Å². The first-order chi connectivity index (χ1) is 9.32. The Balaban J connectivity index is 2.50. The van der Waals surface area contributed by atoms with Crippen molar-refractivity contribution in [2.24, 2.45) is 0 Å². The molecule has 1 aromatic carbocycles. The molecule has 0 fully saturated rings. The quantitative estimate of drug-likeness (QED) is 0.911. The first-order valence-electron chi connectivity index (χ1n) is 5.92. The van der Waals surface area contributed by atoms with Crippen LogP contribution in [-0.2, 0) is 6.18 Å². The molecule has 1 aromatic heterocycles. The maximum Gasteiger partial charge on any atom is 0.419 e. The van der Waals surface area contributed by atoms with Crippen LogP contribution in [0.15, 0.2) is 35.1 Å². The van der Waals surface area contributed by atoms with Crippen LogP contribution in [0.4, 0.5) is 13.2 Å². The van der Waals surface area contributed by atoms with Gasteiger partial charge < -0.3 is 5.32 Å². The molecule has 0 aliphatic carbocycles. The maximum atomic E-state index is 12.6. The summed E-state index contributed by atoms with van der Waals surface area (Å²) >= 11 is 3.37. The van der Waals surface area contributed by atoms with E-state index in [4.69, 9.17) is 0 Å². The van der Waals surface area contributed by atoms with Crippen LogP contribution in [0, 0.1) is 0 Å². The highest BCUT2D eigenvalue weighted by Gasteiger charge is 2.32. The molecule has 0 saturated heterocycles. The molecule has 7 heteroatoms. The van der Waals surface area contributed by atoms with Crippen LogP contribution in [0.5, 0.6) is 0 Å². The van der Waals surface area contributed by atoms with E-state index in [2.05, 4.69) is 26.3 Å². The van der Waals surface area contributed by atoms with Crippen LogP contribution >= 0.6 is 15.9 Å². The Morgan fingerprint density at radius 1 is 1.35 bits per heavy atom. The Kier molecular flexibility index (Phi) is 4.19. The Labute approximate surface area is 122 Å². The van der Waals surface area contributed by atoms with Crippen molar-refractivity contribution in [1.29, 1.82) is 0 Å². The molecule has 20 heavy (non-hydrogen) atoms. The fourth-order valence-electron chi connectivity index (χ4n) is 1.84. The van der Waals surface area contributed by atoms with Crippen molar-refractivity contribution in [3.8, 4) is 5.69 Å². The molecule has 0 amide bonds. The van der Waals surface area contributed by atoms with Crippen molar-refractivity contribution in [3.63, 3.8) is 0 Å². The van der Waals surface area contributed by atoms with E-state index in [1.54, 1.807) is 19.2 Å². The average Bonchev–Trinajstić information content (AvgIpc) is 2.87. The third-order valence-corrected chi connectivity index (χ3v) is 3.54. The van der Waals surface area contributed by atoms with Crippen molar-refractivity contribution in [3.05, 3.63) is 46.2 Å². The first-order valence-corrected chi connectivity index (χ1v) is 6.71. The highest BCUT2D eigenvalue weighted by atomic mass is 79.9. The number of nitrogens with zero attached hydrogens (tertiary/aromatic N) is 2. The number of hydrogen-bond acceptors (Lipinski definition) is 2. The van der Waals surface area contributed by atoms with Gasteiger partial charge in [0.2, 0.25) is 0 Å². The standard InChI is InChI=1S/C13H13BrF3N3/c1-8(18-2)11-5-10(14)3-4-12(11)20-7-9(6-19-20)13(15,16)17/h3-8,18H,1-2H3. The van der Waals surface area contributed by atoms with Crippen molar-refractivity contribution < 1.29 is 13.2 Å². The number of alkyl halides is 3. The minimum absolute atomic E-state index is 0.0129. The fourth-order valence-corrected chi connectivity index (χ4v) is 2.22. The Morgan fingerprint density at radius 3 is 2.60 bits per heavy atom. The minimum Gasteiger partial charge on any atom is -0.313 e. The molecule has 0 bridgehead atoms. The summed E-state index contributed by atoms with van der Waals surface area (Å²) in [5.41, 5.74) is 0.715. The highest BCUT2D eigenvalue weighted by molar-refractivity contribution is 9.10. The molecule has 0 aliphatic rings. The van der Waals surface area contributed by atoms with E-state index in [-0.39, 0.29) is 6.04 Å². The molecule has 2 rings (SSSR count). The van der Waals surface area contributed by atoms with Gasteiger partial charge in [-0.1, -0.05) is 15.9 Å². The van der Waals surface area contributed by atoms with Crippen molar-refractivity contribution >= 4 is 15.9 Å². The number of halogens is 4. The smallest absolute Gasteiger partial charge is 0.313 e. The number of aromatic nitrogens is 2. The molecule has 0 aliphatic heterocycles. The normalized spacial score (nSPS) is 13.5. The van der Waals surface area contributed by atoms with Gasteiger partial charge in [0, 0.05) is 16.7 Å². The number of rotatable bonds is 3. The molecular formula is C13H13BrF3N3. The summed E-state index contributed by atoms with van der Waals surface area (Å²) in [6, 6.07) is 5.36. The Morgan fingerprint density at radius 2 is 2.05 bits per heavy atom. The van der Waals surface area contributed by atoms with Gasteiger partial charge >= 0.3 is 6.18 Å². The molecule has 108 valence electrons. The summed E-state index contributed by atoms with van der Waals surface area (Å²) < 4.78 is 40.0. The van der Waals surface area contributed by atoms with Gasteiger partial charge in [-0.2, -0.15) is 18.3 Å². The largest absolute Gasteiger partial charge is 0.419 e. The van der Waals surface area contributed by atoms with E-state index < -0.39 is 11.7 Å². The molecule has 1 atom stereocenters. The zero-order chi connectivity index (χ0) is 14.9. The lowest BCUT2D eigenvalue weighted by Crippen LogP contribution is -2.15. The highest BCUT2D eigenvalue weighted by Crippen LogP contribution is 2.31. The average molecular weight is 348 g/mol. The van der Waals surface area contributed by atoms with Gasteiger partial charge in [-0.05, 0) is 37.7 Å². The SMILES string of the molecule is CNC(C)c1cc(Br)ccc1-n1cc(C(F)(F)F)cn1. The van der Waals surface area contributed by atoms with Gasteiger partial charge in [0.15, 0.2) is 0 Å². The van der Waals surface area contributed by atoms with Crippen LogP contribution in [0.2, 0.25) is 0 Å². The van der Waals surface area contributed by atoms with Gasteiger partial charge in [0.25, 0.3) is 0 Å². The van der Waals surface area contributed by atoms with E-state index in [0.29, 0.717) is 5.69 Å². The molecule has 3 nitrogen and oxygen atoms in total. The predicted octanol–water partition coefficient (Wildman–Crippen LogP) is 3.93. The van der Waals surface area contributed by atoms with E-state index in [0.717, 1.165) is 22.4 Å². The van der Waals surface area contributed by atoms with Gasteiger partial charge in [-0.3, -0.25) is 0 Å². The zero-order valence-corrected chi connectivity index (χ0v) is 12.5. The van der Waals surface area contributed by atoms with Gasteiger partial charge in [-0.15, -0.1) is 0 Å². The minimum atomic E-state index is -4.39. The van der Waals surface area contributed by atoms with Crippen molar-refractivity contribution in [2.45, 2.75) is 19.1 Å². The summed E-state index contributed by atoms with van der Waals surface area (Å²) in [6.45, 7) is 1.93. The Bertz CT molecular complexity index is 607. The van der Waals surface area contributed by atoms with Crippen LogP contribution < -0.4 is 5.32 Å². The number of benzene rings is 1. The van der Waals surface area contributed by atoms with E-state index in [1.807, 2.05) is 13.0 Å². The topological polar surface area (TPSA) is 29.9 Å². The molecular weight excluding hydrogens is 335 g/mol. The number of nitrogens with one attached hydrogen (secondary N) is 1. The van der Waals surface area contributed by atoms with Crippen LogP contribution in [0.1, 0.15) is 24.1 Å². The van der Waals surface area contributed by atoms with Gasteiger partial charge in [-0.25, -0.2) is 4.68 Å². The summed E-state index contributed by atoms with van der Waals surface area (Å²) in [6.07, 6.45) is -2.56. The van der Waals surface area contributed by atoms with Gasteiger partial charge in [0.05, 0.1) is 17.4 Å². The molecule has 1 heterocycles. The van der Waals surface area contributed by atoms with Crippen LogP contribution in [0.3, 0.4) is 0 Å². The first kappa shape index (κ1) is 15.1. The third-order valence-electron chi connectivity index (χ3n) is 3.05. The third kappa shape index (κ3) is 3.04. The van der Waals surface area contributed by atoms with Crippen molar-refractivity contribution in [2.75, 3.05) is 7.05 Å². The zero-order valence-electron chi connectivity index (χ0n) is 10.9. The van der Waals surface area contributed by atoms with Gasteiger partial charge in [0.1, 0.15) is 0 Å². The Hall–Kier alpha value is -1.34. The van der Waals surface area contributed by atoms with E-state index >= 15 is 0 Å². The predicted molar refractivity (Wildman–Crippen MR) is 73.7 cm³/mol. The summed E-state index contributed by atoms with van der Waals surface area (Å²) in [7, 11) is 1.79. The maximum absolute atomic E-state index is 12.6. The lowest BCUT2D eigenvalue weighted by molar-refractivity contribution is -0.137. The summed E-state index contributed by atoms with van der Waals surface area (Å²) in [5.74, 6) is 0. The molecule has 0 saturated carbocycles. The summed E-state index contributed by atoms with van der Waals surface area (Å²) in [5, 5.41) is 6.88. The lowest BCUT2D eigenvalue weighted by atomic mass is 10.1. The second-order valence-electron chi connectivity index (χ2n) is 4.38. The second kappa shape index (κ2) is 5.57.